The van der Waals surface area contributed by atoms with Gasteiger partial charge < -0.3 is 10.1 Å². The van der Waals surface area contributed by atoms with Crippen LogP contribution in [0.2, 0.25) is 0 Å². The lowest BCUT2D eigenvalue weighted by molar-refractivity contribution is 0.116. The van der Waals surface area contributed by atoms with Crippen LogP contribution in [-0.2, 0) is 4.74 Å². The summed E-state index contributed by atoms with van der Waals surface area (Å²) < 4.78 is 5.75. The van der Waals surface area contributed by atoms with E-state index in [2.05, 4.69) is 56.4 Å². The Labute approximate surface area is 118 Å². The van der Waals surface area contributed by atoms with Crippen LogP contribution in [0.1, 0.15) is 45.1 Å². The second kappa shape index (κ2) is 9.99. The molecule has 0 heterocycles. The topological polar surface area (TPSA) is 21.3 Å². The summed E-state index contributed by atoms with van der Waals surface area (Å²) in [6.07, 6.45) is 2.25. The van der Waals surface area contributed by atoms with E-state index < -0.39 is 0 Å². The van der Waals surface area contributed by atoms with E-state index >= 15 is 0 Å². The highest BCUT2D eigenvalue weighted by atomic mass is 16.5. The SMILES string of the molecule is CCNCC(CCOCCC(C)C)c1ccccc1. The molecular weight excluding hydrogens is 234 g/mol. The minimum Gasteiger partial charge on any atom is -0.381 e. The van der Waals surface area contributed by atoms with Gasteiger partial charge in [0.05, 0.1) is 0 Å². The Bertz CT molecular complexity index is 310. The molecule has 0 amide bonds. The molecule has 2 nitrogen and oxygen atoms in total. The number of nitrogens with one attached hydrogen (secondary N) is 1. The highest BCUT2D eigenvalue weighted by Gasteiger charge is 2.10. The molecule has 1 N–H and O–H groups in total. The van der Waals surface area contributed by atoms with Crippen molar-refractivity contribution in [2.45, 2.75) is 39.5 Å². The van der Waals surface area contributed by atoms with E-state index in [1.54, 1.807) is 0 Å². The van der Waals surface area contributed by atoms with Crippen molar-refractivity contribution in [2.75, 3.05) is 26.3 Å². The largest absolute Gasteiger partial charge is 0.381 e. The van der Waals surface area contributed by atoms with E-state index in [1.807, 2.05) is 0 Å². The number of hydrogen-bond donors (Lipinski definition) is 1. The molecule has 0 radical (unpaired) electrons. The maximum atomic E-state index is 5.75. The maximum absolute atomic E-state index is 5.75. The van der Waals surface area contributed by atoms with Crippen LogP contribution in [0.15, 0.2) is 30.3 Å². The summed E-state index contributed by atoms with van der Waals surface area (Å²) in [6, 6.07) is 10.8. The van der Waals surface area contributed by atoms with Gasteiger partial charge in [-0.25, -0.2) is 0 Å². The van der Waals surface area contributed by atoms with Crippen molar-refractivity contribution < 1.29 is 4.74 Å². The molecule has 0 aliphatic heterocycles. The monoisotopic (exact) mass is 263 g/mol. The van der Waals surface area contributed by atoms with E-state index in [0.717, 1.165) is 45.1 Å². The molecule has 1 atom stereocenters. The predicted octanol–water partition coefficient (Wildman–Crippen LogP) is 3.83. The number of ether oxygens (including phenoxy) is 1. The lowest BCUT2D eigenvalue weighted by Gasteiger charge is -2.18. The molecule has 19 heavy (non-hydrogen) atoms. The summed E-state index contributed by atoms with van der Waals surface area (Å²) in [5.41, 5.74) is 1.41. The summed E-state index contributed by atoms with van der Waals surface area (Å²) in [7, 11) is 0. The summed E-state index contributed by atoms with van der Waals surface area (Å²) >= 11 is 0. The maximum Gasteiger partial charge on any atom is 0.0472 e. The third-order valence-electron chi connectivity index (χ3n) is 3.36. The van der Waals surface area contributed by atoms with Crippen LogP contribution in [0.25, 0.3) is 0 Å². The van der Waals surface area contributed by atoms with Crippen molar-refractivity contribution >= 4 is 0 Å². The molecule has 0 aliphatic carbocycles. The van der Waals surface area contributed by atoms with E-state index in [4.69, 9.17) is 4.74 Å². The first-order valence-corrected chi connectivity index (χ1v) is 7.57. The van der Waals surface area contributed by atoms with Gasteiger partial charge >= 0.3 is 0 Å². The van der Waals surface area contributed by atoms with Gasteiger partial charge in [-0.3, -0.25) is 0 Å². The molecule has 0 saturated carbocycles. The van der Waals surface area contributed by atoms with Gasteiger partial charge in [0.15, 0.2) is 0 Å². The molecule has 1 aromatic rings. The second-order valence-corrected chi connectivity index (χ2v) is 5.50. The van der Waals surface area contributed by atoms with Crippen LogP contribution in [0.4, 0.5) is 0 Å². The van der Waals surface area contributed by atoms with Crippen LogP contribution < -0.4 is 5.32 Å². The van der Waals surface area contributed by atoms with Crippen LogP contribution in [0.3, 0.4) is 0 Å². The predicted molar refractivity (Wildman–Crippen MR) is 82.6 cm³/mol. The van der Waals surface area contributed by atoms with Gasteiger partial charge in [0.25, 0.3) is 0 Å². The third kappa shape index (κ3) is 7.34. The smallest absolute Gasteiger partial charge is 0.0472 e. The Morgan fingerprint density at radius 3 is 2.37 bits per heavy atom. The Balaban J connectivity index is 2.34. The van der Waals surface area contributed by atoms with Gasteiger partial charge in [-0.1, -0.05) is 51.1 Å². The fraction of sp³-hybridized carbons (Fsp3) is 0.647. The third-order valence-corrected chi connectivity index (χ3v) is 3.36. The van der Waals surface area contributed by atoms with Gasteiger partial charge in [0.2, 0.25) is 0 Å². The molecule has 0 saturated heterocycles. The molecule has 0 aromatic heterocycles. The summed E-state index contributed by atoms with van der Waals surface area (Å²) in [5.74, 6) is 1.28. The first-order valence-electron chi connectivity index (χ1n) is 7.57. The Morgan fingerprint density at radius 2 is 1.74 bits per heavy atom. The molecular formula is C17H29NO. The molecule has 1 rings (SSSR count). The summed E-state index contributed by atoms with van der Waals surface area (Å²) in [6.45, 7) is 10.4. The quantitative estimate of drug-likeness (QED) is 0.648. The molecule has 1 unspecified atom stereocenters. The Hall–Kier alpha value is -0.860. The molecule has 2 heteroatoms. The average molecular weight is 263 g/mol. The number of likely N-dealkylation sites (N-methyl/N-ethyl adjacent to an activating group) is 1. The van der Waals surface area contributed by atoms with Crippen molar-refractivity contribution in [1.29, 1.82) is 0 Å². The Morgan fingerprint density at radius 1 is 1.05 bits per heavy atom. The Kier molecular flexibility index (Phi) is 8.52. The molecule has 1 aromatic carbocycles. The second-order valence-electron chi connectivity index (χ2n) is 5.50. The number of hydrogen-bond acceptors (Lipinski definition) is 2. The molecule has 108 valence electrons. The summed E-state index contributed by atoms with van der Waals surface area (Å²) in [4.78, 5) is 0. The lowest BCUT2D eigenvalue weighted by Crippen LogP contribution is -2.22. The van der Waals surface area contributed by atoms with Crippen LogP contribution >= 0.6 is 0 Å². The normalized spacial score (nSPS) is 12.8. The van der Waals surface area contributed by atoms with Crippen molar-refractivity contribution in [3.8, 4) is 0 Å². The minimum atomic E-state index is 0.556. The zero-order chi connectivity index (χ0) is 13.9. The fourth-order valence-electron chi connectivity index (χ4n) is 2.08. The molecule has 0 fully saturated rings. The van der Waals surface area contributed by atoms with E-state index in [9.17, 15) is 0 Å². The summed E-state index contributed by atoms with van der Waals surface area (Å²) in [5, 5.41) is 3.45. The molecule has 0 bridgehead atoms. The van der Waals surface area contributed by atoms with Gasteiger partial charge in [0, 0.05) is 19.8 Å². The van der Waals surface area contributed by atoms with Crippen LogP contribution in [-0.4, -0.2) is 26.3 Å². The average Bonchev–Trinajstić information content (AvgIpc) is 2.42. The van der Waals surface area contributed by atoms with Crippen molar-refractivity contribution in [1.82, 2.24) is 5.32 Å². The van der Waals surface area contributed by atoms with Crippen molar-refractivity contribution in [2.24, 2.45) is 5.92 Å². The van der Waals surface area contributed by atoms with E-state index in [0.29, 0.717) is 5.92 Å². The van der Waals surface area contributed by atoms with Gasteiger partial charge in [-0.2, -0.15) is 0 Å². The zero-order valence-electron chi connectivity index (χ0n) is 12.7. The number of benzene rings is 1. The fourth-order valence-corrected chi connectivity index (χ4v) is 2.08. The van der Waals surface area contributed by atoms with Crippen molar-refractivity contribution in [3.05, 3.63) is 35.9 Å². The van der Waals surface area contributed by atoms with Gasteiger partial charge in [0.1, 0.15) is 0 Å². The minimum absolute atomic E-state index is 0.556. The van der Waals surface area contributed by atoms with Crippen LogP contribution in [0, 0.1) is 5.92 Å². The first-order chi connectivity index (χ1) is 9.24. The first kappa shape index (κ1) is 16.2. The molecule has 0 aliphatic rings. The van der Waals surface area contributed by atoms with Gasteiger partial charge in [-0.05, 0) is 36.8 Å². The molecule has 0 spiro atoms. The lowest BCUT2D eigenvalue weighted by atomic mass is 9.96. The van der Waals surface area contributed by atoms with Gasteiger partial charge in [-0.15, -0.1) is 0 Å². The highest BCUT2D eigenvalue weighted by Crippen LogP contribution is 2.18. The number of rotatable bonds is 10. The van der Waals surface area contributed by atoms with E-state index in [-0.39, 0.29) is 0 Å². The highest BCUT2D eigenvalue weighted by molar-refractivity contribution is 5.19. The standard InChI is InChI=1S/C17H29NO/c1-4-18-14-17(16-8-6-5-7-9-16)11-13-19-12-10-15(2)3/h5-9,15,17-18H,4,10-14H2,1-3H3. The van der Waals surface area contributed by atoms with Crippen molar-refractivity contribution in [3.63, 3.8) is 0 Å². The van der Waals surface area contributed by atoms with E-state index in [1.165, 1.54) is 5.56 Å². The zero-order valence-corrected chi connectivity index (χ0v) is 12.7. The van der Waals surface area contributed by atoms with Crippen LogP contribution in [0.5, 0.6) is 0 Å².